The average Bonchev–Trinajstić information content (AvgIpc) is 2.76. The summed E-state index contributed by atoms with van der Waals surface area (Å²) in [5.74, 6) is 0.164. The molecule has 0 atom stereocenters. The molecule has 1 aromatic rings. The van der Waals surface area contributed by atoms with Crippen LogP contribution in [0, 0.1) is 0 Å². The zero-order valence-electron chi connectivity index (χ0n) is 8.35. The summed E-state index contributed by atoms with van der Waals surface area (Å²) in [7, 11) is 0. The number of carbonyl (C=O) groups is 1. The number of benzene rings is 1. The van der Waals surface area contributed by atoms with E-state index >= 15 is 0 Å². The highest BCUT2D eigenvalue weighted by atomic mass is 35.5. The number of fused-ring (bicyclic) bond motifs is 2. The van der Waals surface area contributed by atoms with Gasteiger partial charge in [0.25, 0.3) is 0 Å². The topological polar surface area (TPSA) is 29.1 Å². The van der Waals surface area contributed by atoms with Crippen LogP contribution in [0.25, 0.3) is 0 Å². The zero-order chi connectivity index (χ0) is 10.5. The van der Waals surface area contributed by atoms with E-state index in [2.05, 4.69) is 5.32 Å². The van der Waals surface area contributed by atoms with E-state index in [1.165, 1.54) is 0 Å². The molecule has 2 aliphatic rings. The lowest BCUT2D eigenvalue weighted by Gasteiger charge is -2.20. The Labute approximate surface area is 93.6 Å². The Hall–Kier alpha value is -1.02. The minimum atomic E-state index is -0.236. The van der Waals surface area contributed by atoms with E-state index in [0.29, 0.717) is 5.02 Å². The highest BCUT2D eigenvalue weighted by molar-refractivity contribution is 6.31. The summed E-state index contributed by atoms with van der Waals surface area (Å²) in [6, 6.07) is 5.73. The second-order valence-corrected chi connectivity index (χ2v) is 4.87. The van der Waals surface area contributed by atoms with Gasteiger partial charge in [0.05, 0.1) is 5.41 Å². The van der Waals surface area contributed by atoms with E-state index in [1.807, 2.05) is 18.2 Å². The van der Waals surface area contributed by atoms with Crippen LogP contribution < -0.4 is 5.32 Å². The van der Waals surface area contributed by atoms with Gasteiger partial charge in [0.2, 0.25) is 5.91 Å². The van der Waals surface area contributed by atoms with Gasteiger partial charge >= 0.3 is 0 Å². The Kier molecular flexibility index (Phi) is 1.84. The molecular formula is C12H12ClNO. The summed E-state index contributed by atoms with van der Waals surface area (Å²) in [4.78, 5) is 12.0. The number of amides is 1. The molecule has 1 heterocycles. The van der Waals surface area contributed by atoms with Crippen LogP contribution in [0.15, 0.2) is 18.2 Å². The van der Waals surface area contributed by atoms with Crippen molar-refractivity contribution < 1.29 is 4.79 Å². The number of carbonyl (C=O) groups excluding carboxylic acids is 1. The molecule has 1 fully saturated rings. The van der Waals surface area contributed by atoms with Crippen LogP contribution in [0.3, 0.4) is 0 Å². The van der Waals surface area contributed by atoms with Crippen molar-refractivity contribution in [2.75, 3.05) is 5.32 Å². The number of hydrogen-bond acceptors (Lipinski definition) is 1. The van der Waals surface area contributed by atoms with Crippen molar-refractivity contribution in [1.29, 1.82) is 0 Å². The summed E-state index contributed by atoms with van der Waals surface area (Å²) in [5, 5.41) is 3.63. The van der Waals surface area contributed by atoms with Crippen molar-refractivity contribution in [3.63, 3.8) is 0 Å². The molecule has 15 heavy (non-hydrogen) atoms. The molecule has 0 saturated heterocycles. The number of rotatable bonds is 0. The molecule has 0 unspecified atom stereocenters. The lowest BCUT2D eigenvalue weighted by molar-refractivity contribution is -0.120. The molecule has 1 aromatic carbocycles. The van der Waals surface area contributed by atoms with E-state index in [0.717, 1.165) is 36.9 Å². The van der Waals surface area contributed by atoms with Crippen LogP contribution >= 0.6 is 11.6 Å². The molecule has 0 bridgehead atoms. The lowest BCUT2D eigenvalue weighted by atomic mass is 9.80. The van der Waals surface area contributed by atoms with Gasteiger partial charge in [-0.2, -0.15) is 0 Å². The maximum absolute atomic E-state index is 12.0. The maximum atomic E-state index is 12.0. The number of anilines is 1. The van der Waals surface area contributed by atoms with Gasteiger partial charge < -0.3 is 5.32 Å². The molecule has 1 aliphatic carbocycles. The smallest absolute Gasteiger partial charge is 0.235 e. The highest BCUT2D eigenvalue weighted by Gasteiger charge is 2.48. The first-order valence-electron chi connectivity index (χ1n) is 5.34. The van der Waals surface area contributed by atoms with Crippen molar-refractivity contribution in [3.05, 3.63) is 28.8 Å². The lowest BCUT2D eigenvalue weighted by Crippen LogP contribution is -2.30. The minimum Gasteiger partial charge on any atom is -0.325 e. The van der Waals surface area contributed by atoms with Gasteiger partial charge in [-0.1, -0.05) is 30.5 Å². The Bertz CT molecular complexity index is 435. The van der Waals surface area contributed by atoms with Crippen molar-refractivity contribution in [3.8, 4) is 0 Å². The fourth-order valence-corrected chi connectivity index (χ4v) is 3.05. The fraction of sp³-hybridized carbons (Fsp3) is 0.417. The first-order chi connectivity index (χ1) is 7.22. The molecule has 3 heteroatoms. The normalized spacial score (nSPS) is 21.8. The third-order valence-electron chi connectivity index (χ3n) is 3.64. The average molecular weight is 222 g/mol. The van der Waals surface area contributed by atoms with Crippen molar-refractivity contribution >= 4 is 23.2 Å². The standard InChI is InChI=1S/C12H12ClNO/c13-8-3-4-9-10(7-8)14-11(15)12(9)5-1-2-6-12/h3-4,7H,1-2,5-6H2,(H,14,15). The Morgan fingerprint density at radius 1 is 1.27 bits per heavy atom. The molecule has 0 aromatic heterocycles. The molecular weight excluding hydrogens is 210 g/mol. The van der Waals surface area contributed by atoms with Crippen LogP contribution in [-0.2, 0) is 10.2 Å². The van der Waals surface area contributed by atoms with Crippen LogP contribution in [-0.4, -0.2) is 5.91 Å². The van der Waals surface area contributed by atoms with Crippen LogP contribution in [0.4, 0.5) is 5.69 Å². The molecule has 3 rings (SSSR count). The summed E-state index contributed by atoms with van der Waals surface area (Å²) in [6.45, 7) is 0. The SMILES string of the molecule is O=C1Nc2cc(Cl)ccc2C12CCCC2. The van der Waals surface area contributed by atoms with E-state index in [-0.39, 0.29) is 11.3 Å². The summed E-state index contributed by atoms with van der Waals surface area (Å²) in [5.41, 5.74) is 1.82. The van der Waals surface area contributed by atoms with E-state index in [4.69, 9.17) is 11.6 Å². The molecule has 0 radical (unpaired) electrons. The van der Waals surface area contributed by atoms with Crippen molar-refractivity contribution in [2.45, 2.75) is 31.1 Å². The predicted molar refractivity (Wildman–Crippen MR) is 60.2 cm³/mol. The first kappa shape index (κ1) is 9.22. The largest absolute Gasteiger partial charge is 0.325 e. The van der Waals surface area contributed by atoms with E-state index < -0.39 is 0 Å². The van der Waals surface area contributed by atoms with Crippen LogP contribution in [0.5, 0.6) is 0 Å². The quantitative estimate of drug-likeness (QED) is 0.717. The summed E-state index contributed by atoms with van der Waals surface area (Å²) in [6.07, 6.45) is 4.26. The van der Waals surface area contributed by atoms with E-state index in [9.17, 15) is 4.79 Å². The molecule has 1 saturated carbocycles. The molecule has 1 amide bonds. The third-order valence-corrected chi connectivity index (χ3v) is 3.87. The molecule has 78 valence electrons. The first-order valence-corrected chi connectivity index (χ1v) is 5.72. The molecule has 1 spiro atoms. The van der Waals surface area contributed by atoms with Crippen LogP contribution in [0.2, 0.25) is 5.02 Å². The second kappa shape index (κ2) is 2.99. The van der Waals surface area contributed by atoms with Gasteiger partial charge in [-0.25, -0.2) is 0 Å². The van der Waals surface area contributed by atoms with Crippen molar-refractivity contribution in [2.24, 2.45) is 0 Å². The molecule has 2 nitrogen and oxygen atoms in total. The van der Waals surface area contributed by atoms with Gasteiger partial charge in [0.15, 0.2) is 0 Å². The monoisotopic (exact) mass is 221 g/mol. The number of halogens is 1. The minimum absolute atomic E-state index is 0.164. The maximum Gasteiger partial charge on any atom is 0.235 e. The Morgan fingerprint density at radius 2 is 2.00 bits per heavy atom. The van der Waals surface area contributed by atoms with Crippen LogP contribution in [0.1, 0.15) is 31.2 Å². The predicted octanol–water partition coefficient (Wildman–Crippen LogP) is 3.10. The van der Waals surface area contributed by atoms with Gasteiger partial charge in [0, 0.05) is 10.7 Å². The second-order valence-electron chi connectivity index (χ2n) is 4.43. The summed E-state index contributed by atoms with van der Waals surface area (Å²) >= 11 is 5.91. The van der Waals surface area contributed by atoms with Gasteiger partial charge in [-0.3, -0.25) is 4.79 Å². The number of nitrogens with one attached hydrogen (secondary N) is 1. The van der Waals surface area contributed by atoms with Gasteiger partial charge in [0.1, 0.15) is 0 Å². The van der Waals surface area contributed by atoms with Crippen molar-refractivity contribution in [1.82, 2.24) is 0 Å². The Balaban J connectivity index is 2.17. The van der Waals surface area contributed by atoms with E-state index in [1.54, 1.807) is 0 Å². The van der Waals surface area contributed by atoms with Gasteiger partial charge in [-0.05, 0) is 30.5 Å². The van der Waals surface area contributed by atoms with Gasteiger partial charge in [-0.15, -0.1) is 0 Å². The Morgan fingerprint density at radius 3 is 2.73 bits per heavy atom. The third kappa shape index (κ3) is 1.14. The summed E-state index contributed by atoms with van der Waals surface area (Å²) < 4.78 is 0. The zero-order valence-corrected chi connectivity index (χ0v) is 9.10. The number of hydrogen-bond donors (Lipinski definition) is 1. The highest BCUT2D eigenvalue weighted by Crippen LogP contribution is 2.49. The molecule has 1 aliphatic heterocycles. The fourth-order valence-electron chi connectivity index (χ4n) is 2.88. The molecule has 1 N–H and O–H groups in total.